The number of benzene rings is 2. The first-order chi connectivity index (χ1) is 8.58. The van der Waals surface area contributed by atoms with Gasteiger partial charge in [-0.1, -0.05) is 24.3 Å². The van der Waals surface area contributed by atoms with Crippen molar-refractivity contribution in [3.63, 3.8) is 0 Å². The Morgan fingerprint density at radius 3 is 2.39 bits per heavy atom. The van der Waals surface area contributed by atoms with Crippen molar-refractivity contribution < 1.29 is 4.74 Å². The predicted molar refractivity (Wildman–Crippen MR) is 75.8 cm³/mol. The summed E-state index contributed by atoms with van der Waals surface area (Å²) in [7, 11) is 0. The van der Waals surface area contributed by atoms with Crippen molar-refractivity contribution in [3.8, 4) is 5.75 Å². The summed E-state index contributed by atoms with van der Waals surface area (Å²) in [5.41, 5.74) is 11.3. The summed E-state index contributed by atoms with van der Waals surface area (Å²) >= 11 is 0. The summed E-state index contributed by atoms with van der Waals surface area (Å²) in [6.07, 6.45) is 0. The zero-order chi connectivity index (χ0) is 13.1. The number of ether oxygens (including phenoxy) is 1. The molecule has 18 heavy (non-hydrogen) atoms. The fourth-order valence-electron chi connectivity index (χ4n) is 1.90. The number of aryl methyl sites for hydroxylation is 3. The Labute approximate surface area is 108 Å². The van der Waals surface area contributed by atoms with E-state index in [0.29, 0.717) is 6.61 Å². The van der Waals surface area contributed by atoms with Gasteiger partial charge in [-0.15, -0.1) is 0 Å². The molecule has 0 saturated carbocycles. The number of anilines is 1. The second-order valence-corrected chi connectivity index (χ2v) is 4.69. The molecule has 2 aromatic rings. The first kappa shape index (κ1) is 12.5. The minimum Gasteiger partial charge on any atom is -0.489 e. The second-order valence-electron chi connectivity index (χ2n) is 4.69. The Morgan fingerprint density at radius 2 is 1.67 bits per heavy atom. The van der Waals surface area contributed by atoms with E-state index >= 15 is 0 Å². The van der Waals surface area contributed by atoms with Crippen LogP contribution in [0.25, 0.3) is 0 Å². The maximum absolute atomic E-state index is 5.88. The normalized spacial score (nSPS) is 10.4. The van der Waals surface area contributed by atoms with E-state index in [1.165, 1.54) is 11.1 Å². The number of nitrogens with two attached hydrogens (primary N) is 1. The molecule has 0 saturated heterocycles. The Morgan fingerprint density at radius 1 is 0.944 bits per heavy atom. The Bertz CT molecular complexity index is 561. The summed E-state index contributed by atoms with van der Waals surface area (Å²) in [5.74, 6) is 0.907. The van der Waals surface area contributed by atoms with E-state index in [1.807, 2.05) is 38.1 Å². The van der Waals surface area contributed by atoms with Crippen LogP contribution in [0.4, 0.5) is 5.69 Å². The highest BCUT2D eigenvalue weighted by Crippen LogP contribution is 2.25. The quantitative estimate of drug-likeness (QED) is 0.830. The van der Waals surface area contributed by atoms with Gasteiger partial charge in [0.1, 0.15) is 12.4 Å². The van der Waals surface area contributed by atoms with Crippen LogP contribution in [0, 0.1) is 20.8 Å². The number of rotatable bonds is 3. The summed E-state index contributed by atoms with van der Waals surface area (Å²) in [6, 6.07) is 12.2. The fraction of sp³-hybridized carbons (Fsp3) is 0.250. The Balaban J connectivity index is 2.16. The lowest BCUT2D eigenvalue weighted by Gasteiger charge is -2.12. The maximum atomic E-state index is 5.88. The molecule has 2 N–H and O–H groups in total. The molecule has 2 heteroatoms. The molecule has 2 aromatic carbocycles. The maximum Gasteiger partial charge on any atom is 0.123 e. The summed E-state index contributed by atoms with van der Waals surface area (Å²) in [5, 5.41) is 0. The number of hydrogen-bond donors (Lipinski definition) is 1. The van der Waals surface area contributed by atoms with Crippen LogP contribution < -0.4 is 10.5 Å². The van der Waals surface area contributed by atoms with Crippen LogP contribution >= 0.6 is 0 Å². The molecule has 0 fully saturated rings. The molecule has 0 atom stereocenters. The molecule has 0 aliphatic rings. The molecule has 0 radical (unpaired) electrons. The first-order valence-corrected chi connectivity index (χ1v) is 6.12. The zero-order valence-corrected chi connectivity index (χ0v) is 11.2. The smallest absolute Gasteiger partial charge is 0.123 e. The minimum absolute atomic E-state index is 0.594. The van der Waals surface area contributed by atoms with E-state index in [4.69, 9.17) is 10.5 Å². The molecule has 0 aromatic heterocycles. The molecular formula is C16H19NO. The van der Waals surface area contributed by atoms with Crippen LogP contribution in [-0.2, 0) is 6.61 Å². The van der Waals surface area contributed by atoms with Crippen molar-refractivity contribution in [3.05, 3.63) is 58.7 Å². The third-order valence-electron chi connectivity index (χ3n) is 3.21. The summed E-state index contributed by atoms with van der Waals surface area (Å²) in [4.78, 5) is 0. The average Bonchev–Trinajstić information content (AvgIpc) is 2.34. The van der Waals surface area contributed by atoms with Crippen LogP contribution in [0.2, 0.25) is 0 Å². The fourth-order valence-corrected chi connectivity index (χ4v) is 1.90. The second kappa shape index (κ2) is 5.13. The minimum atomic E-state index is 0.594. The van der Waals surface area contributed by atoms with Gasteiger partial charge in [0.25, 0.3) is 0 Å². The molecule has 0 aliphatic heterocycles. The van der Waals surface area contributed by atoms with Gasteiger partial charge >= 0.3 is 0 Å². The monoisotopic (exact) mass is 241 g/mol. The lowest BCUT2D eigenvalue weighted by molar-refractivity contribution is 0.303. The Hall–Kier alpha value is -1.96. The lowest BCUT2D eigenvalue weighted by Crippen LogP contribution is -2.00. The van der Waals surface area contributed by atoms with E-state index in [1.54, 1.807) is 0 Å². The van der Waals surface area contributed by atoms with Crippen LogP contribution in [-0.4, -0.2) is 0 Å². The van der Waals surface area contributed by atoms with Gasteiger partial charge in [-0.05, 0) is 55.2 Å². The molecule has 0 spiro atoms. The molecule has 0 heterocycles. The molecule has 0 amide bonds. The van der Waals surface area contributed by atoms with Gasteiger partial charge in [-0.3, -0.25) is 0 Å². The van der Waals surface area contributed by atoms with Crippen molar-refractivity contribution in [2.45, 2.75) is 27.4 Å². The van der Waals surface area contributed by atoms with Gasteiger partial charge in [0.15, 0.2) is 0 Å². The molecular weight excluding hydrogens is 222 g/mol. The van der Waals surface area contributed by atoms with E-state index in [2.05, 4.69) is 19.1 Å². The van der Waals surface area contributed by atoms with E-state index in [0.717, 1.165) is 22.6 Å². The van der Waals surface area contributed by atoms with Gasteiger partial charge < -0.3 is 10.5 Å². The predicted octanol–water partition coefficient (Wildman–Crippen LogP) is 3.77. The highest BCUT2D eigenvalue weighted by atomic mass is 16.5. The van der Waals surface area contributed by atoms with Gasteiger partial charge in [0, 0.05) is 5.69 Å². The van der Waals surface area contributed by atoms with Crippen molar-refractivity contribution in [2.75, 3.05) is 5.73 Å². The highest BCUT2D eigenvalue weighted by molar-refractivity contribution is 5.53. The largest absolute Gasteiger partial charge is 0.489 e. The first-order valence-electron chi connectivity index (χ1n) is 6.12. The van der Waals surface area contributed by atoms with Gasteiger partial charge in [-0.25, -0.2) is 0 Å². The molecule has 0 bridgehead atoms. The van der Waals surface area contributed by atoms with E-state index in [-0.39, 0.29) is 0 Å². The average molecular weight is 241 g/mol. The van der Waals surface area contributed by atoms with Crippen molar-refractivity contribution in [2.24, 2.45) is 0 Å². The van der Waals surface area contributed by atoms with E-state index < -0.39 is 0 Å². The lowest BCUT2D eigenvalue weighted by atomic mass is 10.1. The number of hydrogen-bond acceptors (Lipinski definition) is 2. The van der Waals surface area contributed by atoms with Crippen LogP contribution in [0.1, 0.15) is 22.3 Å². The third kappa shape index (κ3) is 2.65. The zero-order valence-electron chi connectivity index (χ0n) is 11.2. The van der Waals surface area contributed by atoms with E-state index in [9.17, 15) is 0 Å². The highest BCUT2D eigenvalue weighted by Gasteiger charge is 2.04. The standard InChI is InChI=1S/C16H19NO/c1-11-6-4-5-7-14(11)10-18-16-9-12(2)15(17)8-13(16)3/h4-9H,10,17H2,1-3H3. The van der Waals surface area contributed by atoms with Crippen LogP contribution in [0.15, 0.2) is 36.4 Å². The van der Waals surface area contributed by atoms with Crippen LogP contribution in [0.3, 0.4) is 0 Å². The van der Waals surface area contributed by atoms with Crippen LogP contribution in [0.5, 0.6) is 5.75 Å². The molecule has 0 unspecified atom stereocenters. The van der Waals surface area contributed by atoms with Gasteiger partial charge in [0.2, 0.25) is 0 Å². The number of nitrogen functional groups attached to an aromatic ring is 1. The van der Waals surface area contributed by atoms with Gasteiger partial charge in [-0.2, -0.15) is 0 Å². The molecule has 2 nitrogen and oxygen atoms in total. The topological polar surface area (TPSA) is 35.2 Å². The molecule has 2 rings (SSSR count). The van der Waals surface area contributed by atoms with Crippen molar-refractivity contribution in [1.29, 1.82) is 0 Å². The van der Waals surface area contributed by atoms with Crippen molar-refractivity contribution in [1.82, 2.24) is 0 Å². The summed E-state index contributed by atoms with van der Waals surface area (Å²) < 4.78 is 5.88. The van der Waals surface area contributed by atoms with Gasteiger partial charge in [0.05, 0.1) is 0 Å². The summed E-state index contributed by atoms with van der Waals surface area (Å²) in [6.45, 7) is 6.70. The molecule has 0 aliphatic carbocycles. The third-order valence-corrected chi connectivity index (χ3v) is 3.21. The molecule has 94 valence electrons. The SMILES string of the molecule is Cc1cc(OCc2ccccc2C)c(C)cc1N. The van der Waals surface area contributed by atoms with Crippen molar-refractivity contribution >= 4 is 5.69 Å². The Kier molecular flexibility index (Phi) is 3.56.